The minimum Gasteiger partial charge on any atom is -0.344 e. The summed E-state index contributed by atoms with van der Waals surface area (Å²) in [4.78, 5) is 2.37. The molecule has 0 fully saturated rings. The van der Waals surface area contributed by atoms with Crippen molar-refractivity contribution in [3.63, 3.8) is 0 Å². The van der Waals surface area contributed by atoms with Gasteiger partial charge in [0.15, 0.2) is 0 Å². The quantitative estimate of drug-likeness (QED) is 0.570. The van der Waals surface area contributed by atoms with Crippen LogP contribution in [-0.4, -0.2) is 23.1 Å². The summed E-state index contributed by atoms with van der Waals surface area (Å²) in [5, 5.41) is 1.32. The monoisotopic (exact) mass is 386 g/mol. The topological polar surface area (TPSA) is 8.17 Å². The molecule has 1 aliphatic rings. The molecule has 1 aliphatic heterocycles. The Bertz CT molecular complexity index is 984. The molecule has 1 aromatic heterocycles. The summed E-state index contributed by atoms with van der Waals surface area (Å²) in [7, 11) is 2.16. The average molecular weight is 386 g/mol. The SMILES string of the molecule is Cc1ccc2c(c1)c1c(n2CCc2ccc(C(F)(F)F)cc2)CCCN(C)C1. The van der Waals surface area contributed by atoms with E-state index in [4.69, 9.17) is 0 Å². The number of rotatable bonds is 3. The van der Waals surface area contributed by atoms with Crippen molar-refractivity contribution in [1.82, 2.24) is 9.47 Å². The fourth-order valence-corrected chi connectivity index (χ4v) is 4.28. The Kier molecular flexibility index (Phi) is 4.96. The first-order valence-corrected chi connectivity index (χ1v) is 9.78. The molecule has 5 heteroatoms. The van der Waals surface area contributed by atoms with Gasteiger partial charge in [0.2, 0.25) is 0 Å². The van der Waals surface area contributed by atoms with E-state index in [-0.39, 0.29) is 0 Å². The Labute approximate surface area is 163 Å². The first-order valence-electron chi connectivity index (χ1n) is 9.78. The van der Waals surface area contributed by atoms with Crippen molar-refractivity contribution in [3.8, 4) is 0 Å². The standard InChI is InChI=1S/C23H25F3N2/c1-16-5-10-22-19(14-16)20-15-27(2)12-3-4-21(20)28(22)13-11-17-6-8-18(9-7-17)23(24,25)26/h5-10,14H,3-4,11-13,15H2,1-2H3. The molecule has 0 atom stereocenters. The van der Waals surface area contributed by atoms with E-state index in [1.807, 2.05) is 0 Å². The summed E-state index contributed by atoms with van der Waals surface area (Å²) >= 11 is 0. The van der Waals surface area contributed by atoms with Crippen LogP contribution in [0, 0.1) is 6.92 Å². The van der Waals surface area contributed by atoms with Crippen LogP contribution in [0.2, 0.25) is 0 Å². The smallest absolute Gasteiger partial charge is 0.344 e. The van der Waals surface area contributed by atoms with Crippen molar-refractivity contribution < 1.29 is 13.2 Å². The molecule has 0 unspecified atom stereocenters. The molecule has 2 aromatic carbocycles. The van der Waals surface area contributed by atoms with Crippen molar-refractivity contribution in [1.29, 1.82) is 0 Å². The van der Waals surface area contributed by atoms with Gasteiger partial charge in [0, 0.05) is 29.7 Å². The zero-order valence-electron chi connectivity index (χ0n) is 16.3. The molecule has 0 saturated heterocycles. The van der Waals surface area contributed by atoms with Gasteiger partial charge in [0.1, 0.15) is 0 Å². The highest BCUT2D eigenvalue weighted by atomic mass is 19.4. The van der Waals surface area contributed by atoms with E-state index in [0.717, 1.165) is 44.5 Å². The number of alkyl halides is 3. The third kappa shape index (κ3) is 3.68. The van der Waals surface area contributed by atoms with Crippen molar-refractivity contribution in [3.05, 3.63) is 70.4 Å². The molecular formula is C23H25F3N2. The molecule has 0 amide bonds. The predicted octanol–water partition coefficient (Wildman–Crippen LogP) is 5.59. The van der Waals surface area contributed by atoms with Gasteiger partial charge >= 0.3 is 6.18 Å². The van der Waals surface area contributed by atoms with Crippen molar-refractivity contribution >= 4 is 10.9 Å². The fraction of sp³-hybridized carbons (Fsp3) is 0.391. The van der Waals surface area contributed by atoms with Gasteiger partial charge in [-0.3, -0.25) is 0 Å². The molecule has 0 bridgehead atoms. The van der Waals surface area contributed by atoms with Crippen LogP contribution in [0.1, 0.15) is 34.4 Å². The molecule has 28 heavy (non-hydrogen) atoms. The van der Waals surface area contributed by atoms with Gasteiger partial charge in [0.25, 0.3) is 0 Å². The largest absolute Gasteiger partial charge is 0.416 e. The second-order valence-corrected chi connectivity index (χ2v) is 7.88. The minimum absolute atomic E-state index is 0.588. The molecule has 0 spiro atoms. The lowest BCUT2D eigenvalue weighted by atomic mass is 10.1. The maximum Gasteiger partial charge on any atom is 0.416 e. The van der Waals surface area contributed by atoms with E-state index < -0.39 is 11.7 Å². The minimum atomic E-state index is -4.28. The second-order valence-electron chi connectivity index (χ2n) is 7.88. The van der Waals surface area contributed by atoms with Gasteiger partial charge < -0.3 is 9.47 Å². The number of hydrogen-bond donors (Lipinski definition) is 0. The lowest BCUT2D eigenvalue weighted by molar-refractivity contribution is -0.137. The van der Waals surface area contributed by atoms with Gasteiger partial charge in [0.05, 0.1) is 5.56 Å². The molecule has 2 heterocycles. The summed E-state index contributed by atoms with van der Waals surface area (Å²) in [6.45, 7) is 4.93. The van der Waals surface area contributed by atoms with Crippen LogP contribution in [0.25, 0.3) is 10.9 Å². The van der Waals surface area contributed by atoms with Crippen LogP contribution in [0.5, 0.6) is 0 Å². The van der Waals surface area contributed by atoms with Crippen molar-refractivity contribution in [2.24, 2.45) is 0 Å². The first kappa shape index (κ1) is 19.1. The lowest BCUT2D eigenvalue weighted by Crippen LogP contribution is -2.17. The highest BCUT2D eigenvalue weighted by Crippen LogP contribution is 2.32. The summed E-state index contributed by atoms with van der Waals surface area (Å²) in [6.07, 6.45) is -1.39. The maximum absolute atomic E-state index is 12.8. The van der Waals surface area contributed by atoms with E-state index in [2.05, 4.69) is 41.6 Å². The van der Waals surface area contributed by atoms with E-state index in [1.165, 1.54) is 39.9 Å². The molecule has 0 N–H and O–H groups in total. The third-order valence-electron chi connectivity index (χ3n) is 5.73. The number of hydrogen-bond acceptors (Lipinski definition) is 1. The van der Waals surface area contributed by atoms with Gasteiger partial charge in [-0.05, 0) is 75.2 Å². The number of nitrogens with zero attached hydrogens (tertiary/aromatic N) is 2. The van der Waals surface area contributed by atoms with Gasteiger partial charge in [-0.25, -0.2) is 0 Å². The number of aromatic nitrogens is 1. The molecule has 4 rings (SSSR count). The molecular weight excluding hydrogens is 361 g/mol. The number of benzene rings is 2. The van der Waals surface area contributed by atoms with Crippen LogP contribution in [0.4, 0.5) is 13.2 Å². The summed E-state index contributed by atoms with van der Waals surface area (Å²) in [5.74, 6) is 0. The number of aryl methyl sites for hydroxylation is 3. The van der Waals surface area contributed by atoms with E-state index >= 15 is 0 Å². The van der Waals surface area contributed by atoms with Crippen LogP contribution in [0.15, 0.2) is 42.5 Å². The van der Waals surface area contributed by atoms with Gasteiger partial charge in [-0.2, -0.15) is 13.2 Å². The number of fused-ring (bicyclic) bond motifs is 3. The fourth-order valence-electron chi connectivity index (χ4n) is 4.28. The zero-order chi connectivity index (χ0) is 19.9. The highest BCUT2D eigenvalue weighted by Gasteiger charge is 2.30. The van der Waals surface area contributed by atoms with Crippen LogP contribution < -0.4 is 0 Å². The Balaban J connectivity index is 1.66. The van der Waals surface area contributed by atoms with Crippen LogP contribution in [-0.2, 0) is 32.1 Å². The van der Waals surface area contributed by atoms with Crippen LogP contribution in [0.3, 0.4) is 0 Å². The zero-order valence-corrected chi connectivity index (χ0v) is 16.3. The molecule has 0 aliphatic carbocycles. The first-order chi connectivity index (χ1) is 13.3. The normalized spacial score (nSPS) is 15.6. The van der Waals surface area contributed by atoms with Crippen molar-refractivity contribution in [2.75, 3.05) is 13.6 Å². The molecule has 3 aromatic rings. The predicted molar refractivity (Wildman–Crippen MR) is 106 cm³/mol. The summed E-state index contributed by atoms with van der Waals surface area (Å²) < 4.78 is 40.7. The Morgan fingerprint density at radius 3 is 2.50 bits per heavy atom. The third-order valence-corrected chi connectivity index (χ3v) is 5.73. The number of halogens is 3. The van der Waals surface area contributed by atoms with Crippen LogP contribution >= 0.6 is 0 Å². The second kappa shape index (κ2) is 7.28. The summed E-state index contributed by atoms with van der Waals surface area (Å²) in [5.41, 5.74) is 5.62. The lowest BCUT2D eigenvalue weighted by Gasteiger charge is -2.12. The average Bonchev–Trinajstić information content (AvgIpc) is 2.78. The maximum atomic E-state index is 12.8. The molecule has 148 valence electrons. The highest BCUT2D eigenvalue weighted by molar-refractivity contribution is 5.86. The van der Waals surface area contributed by atoms with E-state index in [9.17, 15) is 13.2 Å². The molecule has 2 nitrogen and oxygen atoms in total. The molecule has 0 radical (unpaired) electrons. The Morgan fingerprint density at radius 1 is 1.04 bits per heavy atom. The molecule has 0 saturated carbocycles. The summed E-state index contributed by atoms with van der Waals surface area (Å²) in [6, 6.07) is 12.2. The van der Waals surface area contributed by atoms with Gasteiger partial charge in [-0.1, -0.05) is 23.8 Å². The Morgan fingerprint density at radius 2 is 1.79 bits per heavy atom. The van der Waals surface area contributed by atoms with Crippen molar-refractivity contribution in [2.45, 2.75) is 45.5 Å². The van der Waals surface area contributed by atoms with E-state index in [1.54, 1.807) is 12.1 Å². The van der Waals surface area contributed by atoms with Gasteiger partial charge in [-0.15, -0.1) is 0 Å². The van der Waals surface area contributed by atoms with E-state index in [0.29, 0.717) is 0 Å². The Hall–Kier alpha value is -2.27.